The second-order valence-electron chi connectivity index (χ2n) is 8.71. The van der Waals surface area contributed by atoms with E-state index in [9.17, 15) is 14.4 Å². The van der Waals surface area contributed by atoms with Crippen LogP contribution in [0.15, 0.2) is 28.8 Å². The molecule has 0 saturated carbocycles. The Labute approximate surface area is 197 Å². The monoisotopic (exact) mass is 470 g/mol. The normalized spacial score (nSPS) is 22.0. The number of aryl methyl sites for hydroxylation is 1. The van der Waals surface area contributed by atoms with Crippen molar-refractivity contribution < 1.29 is 28.4 Å². The highest BCUT2D eigenvalue weighted by Crippen LogP contribution is 2.32. The molecule has 10 nitrogen and oxygen atoms in total. The molecule has 1 fully saturated rings. The van der Waals surface area contributed by atoms with Gasteiger partial charge in [-0.25, -0.2) is 0 Å². The molecule has 182 valence electrons. The molecule has 10 heteroatoms. The fourth-order valence-corrected chi connectivity index (χ4v) is 4.32. The van der Waals surface area contributed by atoms with E-state index in [1.54, 1.807) is 37.1 Å². The molecule has 2 aliphatic heterocycles. The van der Waals surface area contributed by atoms with Gasteiger partial charge >= 0.3 is 0 Å². The van der Waals surface area contributed by atoms with E-state index in [0.717, 1.165) is 6.42 Å². The van der Waals surface area contributed by atoms with Crippen LogP contribution in [0.2, 0.25) is 0 Å². The Bertz CT molecular complexity index is 1070. The lowest BCUT2D eigenvalue weighted by Crippen LogP contribution is -2.54. The van der Waals surface area contributed by atoms with Crippen LogP contribution in [0.25, 0.3) is 0 Å². The van der Waals surface area contributed by atoms with Gasteiger partial charge in [0, 0.05) is 25.3 Å². The SMILES string of the molecule is CCCNC(=O)C[C@@H]1CC[C@@H]2[C@@H](COc3ccc(NC(=O)c4cc(C)on4)cc3C(=O)N2C)O1. The van der Waals surface area contributed by atoms with Crippen LogP contribution >= 0.6 is 0 Å². The Morgan fingerprint density at radius 2 is 2.06 bits per heavy atom. The van der Waals surface area contributed by atoms with Gasteiger partial charge in [0.05, 0.1) is 24.1 Å². The summed E-state index contributed by atoms with van der Waals surface area (Å²) in [6.07, 6.45) is 2.02. The number of likely N-dealkylation sites (N-methyl/N-ethyl adjacent to an activating group) is 1. The molecule has 1 aromatic carbocycles. The number of benzene rings is 1. The molecule has 0 spiro atoms. The molecule has 34 heavy (non-hydrogen) atoms. The Hall–Kier alpha value is -3.40. The molecular formula is C24H30N4O6. The van der Waals surface area contributed by atoms with E-state index in [1.165, 1.54) is 6.07 Å². The van der Waals surface area contributed by atoms with Gasteiger partial charge in [-0.3, -0.25) is 14.4 Å². The number of carbonyl (C=O) groups is 3. The van der Waals surface area contributed by atoms with Crippen molar-refractivity contribution in [1.82, 2.24) is 15.4 Å². The summed E-state index contributed by atoms with van der Waals surface area (Å²) < 4.78 is 17.1. The standard InChI is InChI=1S/C24H30N4O6/c1-4-9-25-22(29)12-16-6-7-19-21(33-16)13-32-20-8-5-15(11-17(20)24(31)28(19)3)26-23(30)18-10-14(2)34-27-18/h5,8,10-11,16,19,21H,4,6-7,9,12-13H2,1-3H3,(H,25,29)(H,26,30)/t16-,19+,21+/m0/s1. The summed E-state index contributed by atoms with van der Waals surface area (Å²) in [7, 11) is 1.75. The van der Waals surface area contributed by atoms with E-state index in [2.05, 4.69) is 15.8 Å². The van der Waals surface area contributed by atoms with Gasteiger partial charge in [-0.2, -0.15) is 0 Å². The summed E-state index contributed by atoms with van der Waals surface area (Å²) in [5, 5.41) is 9.33. The van der Waals surface area contributed by atoms with E-state index in [4.69, 9.17) is 14.0 Å². The van der Waals surface area contributed by atoms with Crippen molar-refractivity contribution in [2.45, 2.75) is 57.8 Å². The number of ether oxygens (including phenoxy) is 2. The summed E-state index contributed by atoms with van der Waals surface area (Å²) in [5.74, 6) is 0.265. The van der Waals surface area contributed by atoms with Gasteiger partial charge in [0.15, 0.2) is 5.69 Å². The van der Waals surface area contributed by atoms with Crippen molar-refractivity contribution >= 4 is 23.4 Å². The van der Waals surface area contributed by atoms with Crippen molar-refractivity contribution in [3.63, 3.8) is 0 Å². The Morgan fingerprint density at radius 3 is 2.79 bits per heavy atom. The Balaban J connectivity index is 1.46. The number of rotatable bonds is 6. The molecule has 0 aliphatic carbocycles. The fourth-order valence-electron chi connectivity index (χ4n) is 4.32. The molecule has 0 radical (unpaired) electrons. The first-order valence-corrected chi connectivity index (χ1v) is 11.6. The Kier molecular flexibility index (Phi) is 7.16. The molecule has 0 bridgehead atoms. The first-order valence-electron chi connectivity index (χ1n) is 11.6. The second kappa shape index (κ2) is 10.3. The number of hydrogen-bond donors (Lipinski definition) is 2. The van der Waals surface area contributed by atoms with Crippen LogP contribution in [0.5, 0.6) is 5.75 Å². The number of anilines is 1. The maximum absolute atomic E-state index is 13.3. The highest BCUT2D eigenvalue weighted by atomic mass is 16.5. The van der Waals surface area contributed by atoms with Gasteiger partial charge in [-0.1, -0.05) is 12.1 Å². The number of hydrogen-bond acceptors (Lipinski definition) is 7. The van der Waals surface area contributed by atoms with Crippen molar-refractivity contribution in [3.05, 3.63) is 41.3 Å². The lowest BCUT2D eigenvalue weighted by molar-refractivity contribution is -0.134. The molecule has 2 aliphatic rings. The topological polar surface area (TPSA) is 123 Å². The van der Waals surface area contributed by atoms with Crippen LogP contribution in [-0.2, 0) is 9.53 Å². The zero-order valence-electron chi connectivity index (χ0n) is 19.6. The van der Waals surface area contributed by atoms with Crippen LogP contribution in [0.3, 0.4) is 0 Å². The van der Waals surface area contributed by atoms with Crippen LogP contribution in [0, 0.1) is 6.92 Å². The van der Waals surface area contributed by atoms with E-state index in [0.29, 0.717) is 48.6 Å². The maximum Gasteiger partial charge on any atom is 0.277 e. The summed E-state index contributed by atoms with van der Waals surface area (Å²) in [6.45, 7) is 4.61. The smallest absolute Gasteiger partial charge is 0.277 e. The van der Waals surface area contributed by atoms with Crippen LogP contribution in [0.4, 0.5) is 5.69 Å². The molecule has 4 rings (SSSR count). The predicted octanol–water partition coefficient (Wildman–Crippen LogP) is 2.53. The first kappa shape index (κ1) is 23.7. The molecule has 1 saturated heterocycles. The molecule has 3 heterocycles. The average Bonchev–Trinajstić information content (AvgIpc) is 3.27. The van der Waals surface area contributed by atoms with E-state index >= 15 is 0 Å². The highest BCUT2D eigenvalue weighted by molar-refractivity contribution is 6.04. The van der Waals surface area contributed by atoms with Gasteiger partial charge in [-0.05, 0) is 44.4 Å². The van der Waals surface area contributed by atoms with E-state index in [1.807, 2.05) is 6.92 Å². The van der Waals surface area contributed by atoms with Crippen molar-refractivity contribution in [2.24, 2.45) is 0 Å². The van der Waals surface area contributed by atoms with E-state index < -0.39 is 5.91 Å². The molecule has 1 aromatic heterocycles. The maximum atomic E-state index is 13.3. The number of nitrogens with zero attached hydrogens (tertiary/aromatic N) is 2. The average molecular weight is 471 g/mol. The van der Waals surface area contributed by atoms with Crippen molar-refractivity contribution in [3.8, 4) is 5.75 Å². The van der Waals surface area contributed by atoms with Gasteiger partial charge in [0.1, 0.15) is 24.2 Å². The number of fused-ring (bicyclic) bond motifs is 2. The molecule has 3 atom stereocenters. The Morgan fingerprint density at radius 1 is 1.24 bits per heavy atom. The predicted molar refractivity (Wildman–Crippen MR) is 123 cm³/mol. The summed E-state index contributed by atoms with van der Waals surface area (Å²) >= 11 is 0. The lowest BCUT2D eigenvalue weighted by atomic mass is 9.94. The molecule has 2 N–H and O–H groups in total. The zero-order chi connectivity index (χ0) is 24.2. The highest BCUT2D eigenvalue weighted by Gasteiger charge is 2.39. The molecular weight excluding hydrogens is 440 g/mol. The number of nitrogens with one attached hydrogen (secondary N) is 2. The second-order valence-corrected chi connectivity index (χ2v) is 8.71. The minimum atomic E-state index is -0.431. The summed E-state index contributed by atoms with van der Waals surface area (Å²) in [6, 6.07) is 6.29. The van der Waals surface area contributed by atoms with Crippen LogP contribution in [-0.4, -0.2) is 66.2 Å². The van der Waals surface area contributed by atoms with Crippen molar-refractivity contribution in [1.29, 1.82) is 0 Å². The number of aromatic nitrogens is 1. The fraction of sp³-hybridized carbons (Fsp3) is 0.500. The third-order valence-electron chi connectivity index (χ3n) is 6.12. The molecule has 2 aromatic rings. The minimum absolute atomic E-state index is 0.0257. The van der Waals surface area contributed by atoms with Crippen LogP contribution < -0.4 is 15.4 Å². The largest absolute Gasteiger partial charge is 0.490 e. The lowest BCUT2D eigenvalue weighted by Gasteiger charge is -2.42. The van der Waals surface area contributed by atoms with Gasteiger partial charge < -0.3 is 29.5 Å². The minimum Gasteiger partial charge on any atom is -0.490 e. The summed E-state index contributed by atoms with van der Waals surface area (Å²) in [5.41, 5.74) is 0.963. The molecule has 0 unspecified atom stereocenters. The van der Waals surface area contributed by atoms with E-state index in [-0.39, 0.29) is 42.4 Å². The van der Waals surface area contributed by atoms with Crippen LogP contribution in [0.1, 0.15) is 59.2 Å². The zero-order valence-corrected chi connectivity index (χ0v) is 19.6. The van der Waals surface area contributed by atoms with Crippen molar-refractivity contribution in [2.75, 3.05) is 25.5 Å². The number of amides is 3. The third-order valence-corrected chi connectivity index (χ3v) is 6.12. The first-order chi connectivity index (χ1) is 16.4. The third kappa shape index (κ3) is 5.22. The molecule has 3 amide bonds. The van der Waals surface area contributed by atoms with Gasteiger partial charge in [-0.15, -0.1) is 0 Å². The summed E-state index contributed by atoms with van der Waals surface area (Å²) in [4.78, 5) is 39.5. The van der Waals surface area contributed by atoms with Gasteiger partial charge in [0.2, 0.25) is 5.91 Å². The quantitative estimate of drug-likeness (QED) is 0.665. The van der Waals surface area contributed by atoms with Gasteiger partial charge in [0.25, 0.3) is 11.8 Å². The number of carbonyl (C=O) groups excluding carboxylic acids is 3.